The van der Waals surface area contributed by atoms with Gasteiger partial charge in [0.25, 0.3) is 5.91 Å². The Kier molecular flexibility index (Phi) is 6.58. The van der Waals surface area contributed by atoms with Crippen molar-refractivity contribution < 1.29 is 14.3 Å². The molecule has 0 spiro atoms. The van der Waals surface area contributed by atoms with Crippen molar-refractivity contribution in [2.24, 2.45) is 5.92 Å². The lowest BCUT2D eigenvalue weighted by Gasteiger charge is -2.14. The highest BCUT2D eigenvalue weighted by Gasteiger charge is 2.14. The van der Waals surface area contributed by atoms with Crippen LogP contribution in [0.2, 0.25) is 0 Å². The van der Waals surface area contributed by atoms with E-state index in [1.165, 1.54) is 6.92 Å². The standard InChI is InChI=1S/C19H21BrN2O3/c1-12(2)11-25-18-9-4-14(20)10-17(18)19(24)22-16-7-5-15(6-8-16)21-13(3)23/h4-10,12H,11H2,1-3H3,(H,21,23)(H,22,24). The van der Waals surface area contributed by atoms with Gasteiger partial charge in [0.1, 0.15) is 5.75 Å². The largest absolute Gasteiger partial charge is 0.492 e. The van der Waals surface area contributed by atoms with Crippen molar-refractivity contribution in [3.63, 3.8) is 0 Å². The SMILES string of the molecule is CC(=O)Nc1ccc(NC(=O)c2cc(Br)ccc2OCC(C)C)cc1. The molecule has 6 heteroatoms. The Labute approximate surface area is 155 Å². The zero-order valence-electron chi connectivity index (χ0n) is 14.4. The molecule has 0 aromatic heterocycles. The average Bonchev–Trinajstić information content (AvgIpc) is 2.54. The maximum atomic E-state index is 12.6. The summed E-state index contributed by atoms with van der Waals surface area (Å²) >= 11 is 3.39. The van der Waals surface area contributed by atoms with E-state index in [1.807, 2.05) is 6.07 Å². The highest BCUT2D eigenvalue weighted by atomic mass is 79.9. The molecule has 0 heterocycles. The molecule has 0 saturated carbocycles. The van der Waals surface area contributed by atoms with Gasteiger partial charge in [-0.3, -0.25) is 9.59 Å². The topological polar surface area (TPSA) is 67.4 Å². The highest BCUT2D eigenvalue weighted by Crippen LogP contribution is 2.25. The quantitative estimate of drug-likeness (QED) is 0.733. The number of hydrogen-bond acceptors (Lipinski definition) is 3. The van der Waals surface area contributed by atoms with Crippen LogP contribution < -0.4 is 15.4 Å². The van der Waals surface area contributed by atoms with Crippen LogP contribution in [0.4, 0.5) is 11.4 Å². The van der Waals surface area contributed by atoms with Crippen LogP contribution in [-0.4, -0.2) is 18.4 Å². The number of carbonyl (C=O) groups is 2. The number of carbonyl (C=O) groups excluding carboxylic acids is 2. The van der Waals surface area contributed by atoms with Crippen LogP contribution in [0.1, 0.15) is 31.1 Å². The van der Waals surface area contributed by atoms with Gasteiger partial charge in [-0.05, 0) is 48.4 Å². The van der Waals surface area contributed by atoms with Gasteiger partial charge in [0, 0.05) is 22.8 Å². The number of rotatable bonds is 6. The Morgan fingerprint density at radius 2 is 1.64 bits per heavy atom. The highest BCUT2D eigenvalue weighted by molar-refractivity contribution is 9.10. The first-order chi connectivity index (χ1) is 11.8. The normalized spacial score (nSPS) is 10.4. The minimum Gasteiger partial charge on any atom is -0.492 e. The zero-order valence-corrected chi connectivity index (χ0v) is 16.0. The van der Waals surface area contributed by atoms with Crippen molar-refractivity contribution in [1.82, 2.24) is 0 Å². The van der Waals surface area contributed by atoms with E-state index in [2.05, 4.69) is 40.4 Å². The molecule has 2 amide bonds. The summed E-state index contributed by atoms with van der Waals surface area (Å²) in [6.07, 6.45) is 0. The van der Waals surface area contributed by atoms with Crippen LogP contribution in [0.25, 0.3) is 0 Å². The van der Waals surface area contributed by atoms with E-state index in [0.29, 0.717) is 35.2 Å². The Morgan fingerprint density at radius 1 is 1.04 bits per heavy atom. The van der Waals surface area contributed by atoms with E-state index in [-0.39, 0.29) is 11.8 Å². The summed E-state index contributed by atoms with van der Waals surface area (Å²) in [5.74, 6) is 0.510. The second kappa shape index (κ2) is 8.67. The van der Waals surface area contributed by atoms with Gasteiger partial charge in [-0.25, -0.2) is 0 Å². The van der Waals surface area contributed by atoms with Gasteiger partial charge in [-0.15, -0.1) is 0 Å². The van der Waals surface area contributed by atoms with Crippen molar-refractivity contribution >= 4 is 39.1 Å². The van der Waals surface area contributed by atoms with Crippen molar-refractivity contribution in [3.05, 3.63) is 52.5 Å². The van der Waals surface area contributed by atoms with Crippen LogP contribution >= 0.6 is 15.9 Å². The molecule has 0 saturated heterocycles. The first-order valence-corrected chi connectivity index (χ1v) is 8.76. The number of nitrogens with one attached hydrogen (secondary N) is 2. The summed E-state index contributed by atoms with van der Waals surface area (Å²) in [4.78, 5) is 23.7. The molecule has 0 aliphatic carbocycles. The first-order valence-electron chi connectivity index (χ1n) is 7.96. The smallest absolute Gasteiger partial charge is 0.259 e. The molecule has 2 N–H and O–H groups in total. The fourth-order valence-corrected chi connectivity index (χ4v) is 2.46. The molecule has 5 nitrogen and oxygen atoms in total. The number of amides is 2. The van der Waals surface area contributed by atoms with Gasteiger partial charge in [-0.1, -0.05) is 29.8 Å². The molecule has 0 fully saturated rings. The van der Waals surface area contributed by atoms with Crippen LogP contribution in [0.3, 0.4) is 0 Å². The number of anilines is 2. The van der Waals surface area contributed by atoms with Gasteiger partial charge in [0.2, 0.25) is 5.91 Å². The van der Waals surface area contributed by atoms with E-state index in [0.717, 1.165) is 4.47 Å². The minimum atomic E-state index is -0.257. The van der Waals surface area contributed by atoms with E-state index in [9.17, 15) is 9.59 Å². The Hall–Kier alpha value is -2.34. The molecule has 132 valence electrons. The molecule has 2 rings (SSSR count). The van der Waals surface area contributed by atoms with Gasteiger partial charge >= 0.3 is 0 Å². The Bertz CT molecular complexity index is 758. The number of hydrogen-bond donors (Lipinski definition) is 2. The number of ether oxygens (including phenoxy) is 1. The molecule has 0 radical (unpaired) electrons. The molecule has 2 aromatic carbocycles. The van der Waals surface area contributed by atoms with E-state index < -0.39 is 0 Å². The molecule has 0 aliphatic rings. The van der Waals surface area contributed by atoms with E-state index in [4.69, 9.17) is 4.74 Å². The zero-order chi connectivity index (χ0) is 18.4. The van der Waals surface area contributed by atoms with Crippen LogP contribution in [0, 0.1) is 5.92 Å². The third kappa shape index (κ3) is 5.90. The fourth-order valence-electron chi connectivity index (χ4n) is 2.10. The van der Waals surface area contributed by atoms with Gasteiger partial charge in [0.15, 0.2) is 0 Å². The van der Waals surface area contributed by atoms with Gasteiger partial charge in [-0.2, -0.15) is 0 Å². The molecule has 0 bridgehead atoms. The third-order valence-electron chi connectivity index (χ3n) is 3.22. The number of halogens is 1. The molecular formula is C19H21BrN2O3. The monoisotopic (exact) mass is 404 g/mol. The van der Waals surface area contributed by atoms with E-state index >= 15 is 0 Å². The summed E-state index contributed by atoms with van der Waals surface area (Å²) in [7, 11) is 0. The third-order valence-corrected chi connectivity index (χ3v) is 3.71. The maximum Gasteiger partial charge on any atom is 0.259 e. The number of benzene rings is 2. The molecule has 2 aromatic rings. The van der Waals surface area contributed by atoms with Crippen LogP contribution in [0.5, 0.6) is 5.75 Å². The summed E-state index contributed by atoms with van der Waals surface area (Å²) in [6, 6.07) is 12.3. The van der Waals surface area contributed by atoms with E-state index in [1.54, 1.807) is 36.4 Å². The lowest BCUT2D eigenvalue weighted by Crippen LogP contribution is -2.15. The average molecular weight is 405 g/mol. The molecule has 0 atom stereocenters. The Balaban J connectivity index is 2.14. The first kappa shape index (κ1) is 19.0. The predicted molar refractivity (Wildman–Crippen MR) is 103 cm³/mol. The molecule has 25 heavy (non-hydrogen) atoms. The fraction of sp³-hybridized carbons (Fsp3) is 0.263. The second-order valence-electron chi connectivity index (χ2n) is 6.06. The van der Waals surface area contributed by atoms with Crippen molar-refractivity contribution in [1.29, 1.82) is 0 Å². The van der Waals surface area contributed by atoms with Crippen molar-refractivity contribution in [3.8, 4) is 5.75 Å². The maximum absolute atomic E-state index is 12.6. The summed E-state index contributed by atoms with van der Waals surface area (Å²) in [5, 5.41) is 5.52. The second-order valence-corrected chi connectivity index (χ2v) is 6.97. The summed E-state index contributed by atoms with van der Waals surface area (Å²) < 4.78 is 6.55. The van der Waals surface area contributed by atoms with Crippen LogP contribution in [0.15, 0.2) is 46.9 Å². The summed E-state index contributed by atoms with van der Waals surface area (Å²) in [6.45, 7) is 6.08. The van der Waals surface area contributed by atoms with Crippen LogP contribution in [-0.2, 0) is 4.79 Å². The summed E-state index contributed by atoms with van der Waals surface area (Å²) in [5.41, 5.74) is 1.77. The molecular weight excluding hydrogens is 384 g/mol. The predicted octanol–water partition coefficient (Wildman–Crippen LogP) is 4.69. The van der Waals surface area contributed by atoms with Gasteiger partial charge in [0.05, 0.1) is 12.2 Å². The van der Waals surface area contributed by atoms with Gasteiger partial charge < -0.3 is 15.4 Å². The minimum absolute atomic E-state index is 0.141. The van der Waals surface area contributed by atoms with Crippen molar-refractivity contribution in [2.45, 2.75) is 20.8 Å². The molecule has 0 aliphatic heterocycles. The lowest BCUT2D eigenvalue weighted by molar-refractivity contribution is -0.114. The lowest BCUT2D eigenvalue weighted by atomic mass is 10.1. The molecule has 0 unspecified atom stereocenters. The Morgan fingerprint density at radius 3 is 2.20 bits per heavy atom. The van der Waals surface area contributed by atoms with Crippen molar-refractivity contribution in [2.75, 3.05) is 17.2 Å².